The molecule has 4 rings (SSSR count). The number of aryl methyl sites for hydroxylation is 2. The van der Waals surface area contributed by atoms with Gasteiger partial charge in [0.15, 0.2) is 5.75 Å². The molecule has 10 heteroatoms. The minimum absolute atomic E-state index is 0.116. The van der Waals surface area contributed by atoms with Crippen LogP contribution in [0.15, 0.2) is 71.9 Å². The van der Waals surface area contributed by atoms with Crippen LogP contribution in [0.1, 0.15) is 16.8 Å². The third-order valence-electron chi connectivity index (χ3n) is 5.05. The van der Waals surface area contributed by atoms with E-state index in [-0.39, 0.29) is 11.5 Å². The van der Waals surface area contributed by atoms with Gasteiger partial charge in [-0.2, -0.15) is 0 Å². The maximum absolute atomic E-state index is 11.8. The molecule has 0 saturated heterocycles. The molecule has 0 aliphatic heterocycles. The van der Waals surface area contributed by atoms with E-state index in [1.165, 1.54) is 12.1 Å². The molecule has 1 aromatic carbocycles. The van der Waals surface area contributed by atoms with Crippen molar-refractivity contribution in [1.29, 1.82) is 0 Å². The summed E-state index contributed by atoms with van der Waals surface area (Å²) in [7, 11) is -3.95. The van der Waals surface area contributed by atoms with Gasteiger partial charge in [-0.15, -0.1) is 0 Å². The average Bonchev–Trinajstić information content (AvgIpc) is 2.81. The van der Waals surface area contributed by atoms with Crippen LogP contribution in [-0.2, 0) is 16.6 Å². The lowest BCUT2D eigenvalue weighted by molar-refractivity contribution is 0.281. The van der Waals surface area contributed by atoms with Crippen LogP contribution < -0.4 is 15.2 Å². The predicted octanol–water partition coefficient (Wildman–Crippen LogP) is 3.83. The lowest BCUT2D eigenvalue weighted by Gasteiger charge is -2.14. The Kier molecular flexibility index (Phi) is 6.55. The van der Waals surface area contributed by atoms with Crippen molar-refractivity contribution in [2.24, 2.45) is 5.14 Å². The van der Waals surface area contributed by atoms with Crippen LogP contribution in [0.5, 0.6) is 11.5 Å². The number of aliphatic hydroxyl groups excluding tert-OH is 1. The number of hydrogen-bond donors (Lipinski definition) is 3. The normalized spacial score (nSPS) is 11.3. The van der Waals surface area contributed by atoms with Gasteiger partial charge in [0.25, 0.3) is 0 Å². The molecule has 0 spiro atoms. The molecule has 0 fully saturated rings. The van der Waals surface area contributed by atoms with Gasteiger partial charge in [-0.3, -0.25) is 4.98 Å². The number of aliphatic hydroxyl groups is 1. The molecular formula is C24H23N5O4S. The maximum Gasteiger partial charge on any atom is 0.238 e. The Labute approximate surface area is 197 Å². The van der Waals surface area contributed by atoms with E-state index < -0.39 is 10.0 Å². The van der Waals surface area contributed by atoms with E-state index in [2.05, 4.69) is 20.3 Å². The van der Waals surface area contributed by atoms with Crippen LogP contribution in [0.25, 0.3) is 11.4 Å². The summed E-state index contributed by atoms with van der Waals surface area (Å²) in [5, 5.41) is 17.8. The number of ether oxygens (including phenoxy) is 1. The Hall–Kier alpha value is -3.86. The fourth-order valence-corrected chi connectivity index (χ4v) is 3.86. The van der Waals surface area contributed by atoms with Crippen LogP contribution in [0, 0.1) is 13.8 Å². The second-order valence-electron chi connectivity index (χ2n) is 7.63. The van der Waals surface area contributed by atoms with Gasteiger partial charge in [-0.05, 0) is 67.4 Å². The summed E-state index contributed by atoms with van der Waals surface area (Å²) in [5.41, 5.74) is 3.94. The third kappa shape index (κ3) is 5.37. The molecular weight excluding hydrogens is 454 g/mol. The van der Waals surface area contributed by atoms with Gasteiger partial charge in [-0.1, -0.05) is 6.07 Å². The van der Waals surface area contributed by atoms with E-state index >= 15 is 0 Å². The number of nitrogens with one attached hydrogen (secondary N) is 1. The lowest BCUT2D eigenvalue weighted by atomic mass is 10.1. The summed E-state index contributed by atoms with van der Waals surface area (Å²) in [4.78, 5) is 13.2. The first-order valence-electron chi connectivity index (χ1n) is 10.3. The molecule has 3 aromatic heterocycles. The number of hydrogen-bond acceptors (Lipinski definition) is 8. The van der Waals surface area contributed by atoms with Crippen molar-refractivity contribution in [1.82, 2.24) is 15.0 Å². The van der Waals surface area contributed by atoms with Gasteiger partial charge in [0.05, 0.1) is 17.2 Å². The van der Waals surface area contributed by atoms with Crippen LogP contribution in [0.4, 0.5) is 11.5 Å². The zero-order valence-electron chi connectivity index (χ0n) is 18.6. The zero-order valence-corrected chi connectivity index (χ0v) is 19.4. The number of benzene rings is 1. The number of sulfonamides is 1. The van der Waals surface area contributed by atoms with Gasteiger partial charge < -0.3 is 15.2 Å². The van der Waals surface area contributed by atoms with Gasteiger partial charge >= 0.3 is 0 Å². The van der Waals surface area contributed by atoms with E-state index in [0.29, 0.717) is 40.0 Å². The molecule has 3 heterocycles. The van der Waals surface area contributed by atoms with Crippen LogP contribution in [-0.4, -0.2) is 28.5 Å². The third-order valence-corrected chi connectivity index (χ3v) is 5.94. The second kappa shape index (κ2) is 9.56. The van der Waals surface area contributed by atoms with Gasteiger partial charge in [-0.25, -0.2) is 23.5 Å². The monoisotopic (exact) mass is 477 g/mol. The largest absolute Gasteiger partial charge is 0.455 e. The highest BCUT2D eigenvalue weighted by Crippen LogP contribution is 2.33. The van der Waals surface area contributed by atoms with Crippen molar-refractivity contribution in [2.75, 3.05) is 5.32 Å². The Bertz CT molecular complexity index is 1440. The molecule has 0 atom stereocenters. The highest BCUT2D eigenvalue weighted by molar-refractivity contribution is 7.89. The number of pyridine rings is 3. The summed E-state index contributed by atoms with van der Waals surface area (Å²) in [6, 6.07) is 15.1. The van der Waals surface area contributed by atoms with Crippen LogP contribution in [0.3, 0.4) is 0 Å². The second-order valence-corrected chi connectivity index (χ2v) is 9.19. The molecule has 0 amide bonds. The number of rotatable bonds is 7. The van der Waals surface area contributed by atoms with Crippen LogP contribution in [0.2, 0.25) is 0 Å². The van der Waals surface area contributed by atoms with Gasteiger partial charge in [0, 0.05) is 29.8 Å². The molecule has 4 aromatic rings. The van der Waals surface area contributed by atoms with Crippen molar-refractivity contribution in [3.8, 4) is 22.9 Å². The number of anilines is 2. The minimum atomic E-state index is -3.95. The molecule has 0 saturated carbocycles. The highest BCUT2D eigenvalue weighted by Gasteiger charge is 2.14. The Morgan fingerprint density at radius 3 is 2.56 bits per heavy atom. The standard InChI is InChI=1S/C24H23N5O4S/c1-15-9-22(24(28-16(15)2)21-5-3-4-7-26-21)33-19-6-8-27-23(13-19)29-18-10-17(14-30)11-20(12-18)34(25,31)32/h3-13,30H,14H2,1-2H3,(H,27,29)(H2,25,31,32). The van der Waals surface area contributed by atoms with Crippen LogP contribution >= 0.6 is 0 Å². The summed E-state index contributed by atoms with van der Waals surface area (Å²) in [6.07, 6.45) is 3.25. The molecule has 0 unspecified atom stereocenters. The molecule has 174 valence electrons. The van der Waals surface area contributed by atoms with E-state index in [1.54, 1.807) is 30.6 Å². The average molecular weight is 478 g/mol. The van der Waals surface area contributed by atoms with Crippen molar-refractivity contribution in [3.05, 3.63) is 83.8 Å². The Morgan fingerprint density at radius 2 is 1.85 bits per heavy atom. The first kappa shape index (κ1) is 23.3. The summed E-state index contributed by atoms with van der Waals surface area (Å²) < 4.78 is 29.7. The quantitative estimate of drug-likeness (QED) is 0.365. The summed E-state index contributed by atoms with van der Waals surface area (Å²) in [5.74, 6) is 1.44. The Balaban J connectivity index is 1.66. The number of primary sulfonamides is 1. The fourth-order valence-electron chi connectivity index (χ4n) is 3.25. The molecule has 4 N–H and O–H groups in total. The van der Waals surface area contributed by atoms with Crippen molar-refractivity contribution >= 4 is 21.5 Å². The SMILES string of the molecule is Cc1cc(Oc2ccnc(Nc3cc(CO)cc(S(N)(=O)=O)c3)c2)c(-c2ccccn2)nc1C. The molecule has 9 nitrogen and oxygen atoms in total. The number of nitrogens with two attached hydrogens (primary N) is 1. The molecule has 0 bridgehead atoms. The smallest absolute Gasteiger partial charge is 0.238 e. The molecule has 34 heavy (non-hydrogen) atoms. The van der Waals surface area contributed by atoms with E-state index in [1.807, 2.05) is 38.1 Å². The van der Waals surface area contributed by atoms with E-state index in [4.69, 9.17) is 9.88 Å². The van der Waals surface area contributed by atoms with Gasteiger partial charge in [0.1, 0.15) is 17.3 Å². The number of nitrogens with zero attached hydrogens (tertiary/aromatic N) is 3. The fraction of sp³-hybridized carbons (Fsp3) is 0.125. The first-order valence-corrected chi connectivity index (χ1v) is 11.9. The maximum atomic E-state index is 11.8. The van der Waals surface area contributed by atoms with E-state index in [0.717, 1.165) is 11.3 Å². The van der Waals surface area contributed by atoms with E-state index in [9.17, 15) is 13.5 Å². The minimum Gasteiger partial charge on any atom is -0.455 e. The topological polar surface area (TPSA) is 140 Å². The molecule has 0 aliphatic rings. The van der Waals surface area contributed by atoms with Gasteiger partial charge in [0.2, 0.25) is 10.0 Å². The highest BCUT2D eigenvalue weighted by atomic mass is 32.2. The summed E-state index contributed by atoms with van der Waals surface area (Å²) in [6.45, 7) is 3.54. The molecule has 0 radical (unpaired) electrons. The Morgan fingerprint density at radius 1 is 1.03 bits per heavy atom. The number of aromatic nitrogens is 3. The first-order chi connectivity index (χ1) is 16.2. The van der Waals surface area contributed by atoms with Crippen molar-refractivity contribution in [2.45, 2.75) is 25.3 Å². The summed E-state index contributed by atoms with van der Waals surface area (Å²) >= 11 is 0. The zero-order chi connectivity index (χ0) is 24.3. The lowest BCUT2D eigenvalue weighted by Crippen LogP contribution is -2.13. The van der Waals surface area contributed by atoms with Crippen molar-refractivity contribution < 1.29 is 18.3 Å². The van der Waals surface area contributed by atoms with Crippen molar-refractivity contribution in [3.63, 3.8) is 0 Å². The predicted molar refractivity (Wildman–Crippen MR) is 128 cm³/mol. The molecule has 0 aliphatic carbocycles.